The lowest BCUT2D eigenvalue weighted by atomic mass is 9.41. The minimum atomic E-state index is -0.917. The van der Waals surface area contributed by atoms with Crippen LogP contribution in [0.25, 0.3) is 0 Å². The molecule has 3 heterocycles. The number of esters is 1. The molecular formula is C24H34O6. The van der Waals surface area contributed by atoms with Gasteiger partial charge in [-0.15, -0.1) is 0 Å². The molecule has 0 radical (unpaired) electrons. The highest BCUT2D eigenvalue weighted by Gasteiger charge is 2.73. The lowest BCUT2D eigenvalue weighted by Crippen LogP contribution is -2.70. The Kier molecular flexibility index (Phi) is 4.00. The minimum absolute atomic E-state index is 0.00442. The monoisotopic (exact) mass is 418 g/mol. The molecule has 6 fully saturated rings. The van der Waals surface area contributed by atoms with Gasteiger partial charge in [0.15, 0.2) is 5.79 Å². The first kappa shape index (κ1) is 19.7. The lowest BCUT2D eigenvalue weighted by molar-refractivity contribution is -0.352. The Hall–Kier alpha value is -0.950. The van der Waals surface area contributed by atoms with Crippen LogP contribution in [0, 0.1) is 34.5 Å². The van der Waals surface area contributed by atoms with E-state index in [1.807, 2.05) is 0 Å². The molecule has 0 aromatic heterocycles. The van der Waals surface area contributed by atoms with Crippen molar-refractivity contribution in [3.05, 3.63) is 11.6 Å². The van der Waals surface area contributed by atoms with E-state index in [0.29, 0.717) is 32.0 Å². The van der Waals surface area contributed by atoms with Gasteiger partial charge in [-0.2, -0.15) is 0 Å². The van der Waals surface area contributed by atoms with Gasteiger partial charge in [0.05, 0.1) is 18.3 Å². The maximum absolute atomic E-state index is 12.3. The summed E-state index contributed by atoms with van der Waals surface area (Å²) in [7, 11) is 1.76. The molecular weight excluding hydrogens is 384 g/mol. The largest absolute Gasteiger partial charge is 0.458 e. The molecule has 4 aliphatic carbocycles. The molecule has 2 saturated heterocycles. The molecule has 1 spiro atoms. The molecule has 0 amide bonds. The van der Waals surface area contributed by atoms with Gasteiger partial charge >= 0.3 is 5.97 Å². The molecule has 166 valence electrons. The fourth-order valence-electron chi connectivity index (χ4n) is 9.06. The second-order valence-corrected chi connectivity index (χ2v) is 11.2. The highest BCUT2D eigenvalue weighted by molar-refractivity contribution is 5.85. The van der Waals surface area contributed by atoms with Crippen molar-refractivity contribution < 1.29 is 29.2 Å². The quantitative estimate of drug-likeness (QED) is 0.671. The summed E-state index contributed by atoms with van der Waals surface area (Å²) < 4.78 is 17.3. The number of hydrogen-bond donors (Lipinski definition) is 2. The highest BCUT2D eigenvalue weighted by atomic mass is 16.7. The smallest absolute Gasteiger partial charge is 0.331 e. The van der Waals surface area contributed by atoms with E-state index in [1.165, 1.54) is 0 Å². The number of cyclic esters (lactones) is 1. The molecule has 3 aliphatic heterocycles. The third-order valence-corrected chi connectivity index (χ3v) is 10.8. The topological polar surface area (TPSA) is 85.2 Å². The van der Waals surface area contributed by atoms with Crippen LogP contribution in [0.5, 0.6) is 0 Å². The predicted octanol–water partition coefficient (Wildman–Crippen LogP) is 2.57. The highest BCUT2D eigenvalue weighted by Crippen LogP contribution is 2.71. The minimum Gasteiger partial charge on any atom is -0.458 e. The van der Waals surface area contributed by atoms with Gasteiger partial charge in [-0.1, -0.05) is 6.92 Å². The number of ether oxygens (including phenoxy) is 3. The van der Waals surface area contributed by atoms with Gasteiger partial charge in [0, 0.05) is 36.9 Å². The molecule has 6 nitrogen and oxygen atoms in total. The number of methoxy groups -OCH3 is 1. The molecule has 30 heavy (non-hydrogen) atoms. The number of rotatable bonds is 2. The van der Waals surface area contributed by atoms with Gasteiger partial charge in [0.1, 0.15) is 6.61 Å². The second-order valence-electron chi connectivity index (χ2n) is 11.2. The van der Waals surface area contributed by atoms with Crippen LogP contribution in [0.4, 0.5) is 0 Å². The second kappa shape index (κ2) is 6.09. The van der Waals surface area contributed by atoms with Crippen molar-refractivity contribution in [3.63, 3.8) is 0 Å². The molecule has 6 heteroatoms. The van der Waals surface area contributed by atoms with E-state index < -0.39 is 22.9 Å². The van der Waals surface area contributed by atoms with E-state index in [1.54, 1.807) is 13.2 Å². The van der Waals surface area contributed by atoms with E-state index in [9.17, 15) is 15.0 Å². The van der Waals surface area contributed by atoms with Gasteiger partial charge in [0.25, 0.3) is 0 Å². The standard InChI is InChI=1S/C24H34O6/c1-21-16(14-9-20(26)29-12-14)5-6-24(21,27)17-4-3-15-11-23(28-2)8-7-22(15,13-30-23)18(17)10-19(21)25/h9,15-19,25,27H,3-8,10-13H2,1-2H3/t15-,16+,17+,18-,19+,21-,22+,23-,24-/m0/s1. The number of aliphatic hydroxyl groups excluding tert-OH is 1. The van der Waals surface area contributed by atoms with Crippen LogP contribution < -0.4 is 0 Å². The number of carbonyl (C=O) groups excluding carboxylic acids is 1. The summed E-state index contributed by atoms with van der Waals surface area (Å²) in [6, 6.07) is 0. The van der Waals surface area contributed by atoms with Crippen LogP contribution in [-0.4, -0.2) is 54.0 Å². The third-order valence-electron chi connectivity index (χ3n) is 10.8. The zero-order chi connectivity index (χ0) is 20.9. The first-order valence-electron chi connectivity index (χ1n) is 11.7. The first-order valence-corrected chi connectivity index (χ1v) is 11.7. The maximum Gasteiger partial charge on any atom is 0.331 e. The summed E-state index contributed by atoms with van der Waals surface area (Å²) in [5, 5.41) is 23.8. The van der Waals surface area contributed by atoms with E-state index in [0.717, 1.165) is 44.1 Å². The maximum atomic E-state index is 12.3. The van der Waals surface area contributed by atoms with Gasteiger partial charge in [-0.25, -0.2) is 4.79 Å². The summed E-state index contributed by atoms with van der Waals surface area (Å²) in [6.07, 6.45) is 8.18. The zero-order valence-electron chi connectivity index (χ0n) is 18.1. The fraction of sp³-hybridized carbons (Fsp3) is 0.875. The molecule has 0 aromatic rings. The van der Waals surface area contributed by atoms with Crippen LogP contribution in [0.15, 0.2) is 11.6 Å². The number of carbonyl (C=O) groups is 1. The van der Waals surface area contributed by atoms with Crippen LogP contribution in [-0.2, 0) is 19.0 Å². The summed E-state index contributed by atoms with van der Waals surface area (Å²) in [6.45, 7) is 3.05. The fourth-order valence-corrected chi connectivity index (χ4v) is 9.06. The number of aliphatic hydroxyl groups is 2. The third kappa shape index (κ3) is 2.17. The van der Waals surface area contributed by atoms with E-state index >= 15 is 0 Å². The van der Waals surface area contributed by atoms with E-state index in [4.69, 9.17) is 14.2 Å². The van der Waals surface area contributed by atoms with Gasteiger partial charge in [-0.05, 0) is 67.8 Å². The van der Waals surface area contributed by atoms with Crippen molar-refractivity contribution in [2.75, 3.05) is 20.3 Å². The predicted molar refractivity (Wildman–Crippen MR) is 107 cm³/mol. The SMILES string of the molecule is CO[C@@]12CC[C@@]3(CO1)[C@@H](CC[C@@H]1[C@@H]3C[C@@H](O)[C@]3(C)[C@@H](C4=CC(=O)OC4)CC[C@]13O)C2. The zero-order valence-corrected chi connectivity index (χ0v) is 18.1. The Morgan fingerprint density at radius 2 is 2.00 bits per heavy atom. The van der Waals surface area contributed by atoms with Gasteiger partial charge in [0.2, 0.25) is 0 Å². The summed E-state index contributed by atoms with van der Waals surface area (Å²) in [5.41, 5.74) is -0.561. The first-order chi connectivity index (χ1) is 14.3. The van der Waals surface area contributed by atoms with Crippen LogP contribution >= 0.6 is 0 Å². The van der Waals surface area contributed by atoms with E-state index in [2.05, 4.69) is 6.92 Å². The van der Waals surface area contributed by atoms with Crippen molar-refractivity contribution in [2.45, 2.75) is 75.8 Å². The normalized spacial score (nSPS) is 56.7. The van der Waals surface area contributed by atoms with Crippen LogP contribution in [0.2, 0.25) is 0 Å². The number of hydrogen-bond acceptors (Lipinski definition) is 6. The van der Waals surface area contributed by atoms with Crippen molar-refractivity contribution in [1.82, 2.24) is 0 Å². The average Bonchev–Trinajstić information content (AvgIpc) is 3.30. The van der Waals surface area contributed by atoms with Gasteiger partial charge < -0.3 is 24.4 Å². The summed E-state index contributed by atoms with van der Waals surface area (Å²) in [5.74, 6) is 0.265. The average molecular weight is 419 g/mol. The number of fused-ring (bicyclic) bond motifs is 5. The Labute approximate surface area is 177 Å². The van der Waals surface area contributed by atoms with Gasteiger partial charge in [-0.3, -0.25) is 0 Å². The molecule has 7 rings (SSSR count). The Morgan fingerprint density at radius 1 is 1.17 bits per heavy atom. The molecule has 2 N–H and O–H groups in total. The van der Waals surface area contributed by atoms with Crippen molar-refractivity contribution in [2.24, 2.45) is 34.5 Å². The molecule has 4 saturated carbocycles. The van der Waals surface area contributed by atoms with Crippen molar-refractivity contribution >= 4 is 5.97 Å². The lowest BCUT2D eigenvalue weighted by Gasteiger charge is -2.68. The molecule has 0 unspecified atom stereocenters. The van der Waals surface area contributed by atoms with E-state index in [-0.39, 0.29) is 29.1 Å². The van der Waals surface area contributed by atoms with Crippen LogP contribution in [0.3, 0.4) is 0 Å². The molecule has 2 bridgehead atoms. The Balaban J connectivity index is 1.37. The van der Waals surface area contributed by atoms with Crippen molar-refractivity contribution in [3.8, 4) is 0 Å². The Bertz CT molecular complexity index is 798. The summed E-state index contributed by atoms with van der Waals surface area (Å²) >= 11 is 0. The molecule has 0 aromatic carbocycles. The van der Waals surface area contributed by atoms with Crippen LogP contribution in [0.1, 0.15) is 58.3 Å². The molecule has 9 atom stereocenters. The van der Waals surface area contributed by atoms with Crippen molar-refractivity contribution in [1.29, 1.82) is 0 Å². The Morgan fingerprint density at radius 3 is 2.67 bits per heavy atom. The molecule has 7 aliphatic rings. The summed E-state index contributed by atoms with van der Waals surface area (Å²) in [4.78, 5) is 11.7.